The molecule has 0 bridgehead atoms. The second-order valence-electron chi connectivity index (χ2n) is 6.59. The van der Waals surface area contributed by atoms with Crippen LogP contribution >= 0.6 is 23.5 Å². The monoisotopic (exact) mass is 409 g/mol. The Hall–Kier alpha value is -2.24. The Morgan fingerprint density at radius 1 is 0.821 bits per heavy atom. The number of rotatable bonds is 4. The average Bonchev–Trinajstić information content (AvgIpc) is 2.71. The molecule has 0 N–H and O–H groups in total. The number of amides is 1. The Bertz CT molecular complexity index is 859. The summed E-state index contributed by atoms with van der Waals surface area (Å²) in [5, 5.41) is 0. The van der Waals surface area contributed by atoms with Gasteiger partial charge in [-0.3, -0.25) is 9.59 Å². The molecule has 1 fully saturated rings. The van der Waals surface area contributed by atoms with Gasteiger partial charge in [0, 0.05) is 41.0 Å². The molecule has 3 nitrogen and oxygen atoms in total. The minimum Gasteiger partial charge on any atom is -0.334 e. The van der Waals surface area contributed by atoms with Gasteiger partial charge in [-0.05, 0) is 60.1 Å². The van der Waals surface area contributed by atoms with Crippen LogP contribution in [-0.4, -0.2) is 42.2 Å². The van der Waals surface area contributed by atoms with Crippen LogP contribution in [0.5, 0.6) is 0 Å². The van der Waals surface area contributed by atoms with Gasteiger partial charge in [-0.1, -0.05) is 24.3 Å². The molecule has 0 unspecified atom stereocenters. The van der Waals surface area contributed by atoms with Gasteiger partial charge in [-0.15, -0.1) is 23.5 Å². The normalized spacial score (nSPS) is 17.4. The summed E-state index contributed by atoms with van der Waals surface area (Å²) >= 11 is 3.36. The molecule has 5 heteroatoms. The lowest BCUT2D eigenvalue weighted by atomic mass is 9.94. The highest BCUT2D eigenvalue weighted by Gasteiger charge is 2.27. The quantitative estimate of drug-likeness (QED) is 0.524. The van der Waals surface area contributed by atoms with E-state index in [1.807, 2.05) is 73.2 Å². The fourth-order valence-electron chi connectivity index (χ4n) is 3.06. The van der Waals surface area contributed by atoms with E-state index in [-0.39, 0.29) is 11.7 Å². The first-order valence-corrected chi connectivity index (χ1v) is 11.4. The summed E-state index contributed by atoms with van der Waals surface area (Å²) in [5.41, 5.74) is 3.22. The van der Waals surface area contributed by atoms with E-state index in [1.54, 1.807) is 35.3 Å². The van der Waals surface area contributed by atoms with Crippen LogP contribution in [0.3, 0.4) is 0 Å². The van der Waals surface area contributed by atoms with Crippen molar-refractivity contribution < 1.29 is 9.59 Å². The van der Waals surface area contributed by atoms with Crippen molar-refractivity contribution in [1.29, 1.82) is 0 Å². The molecule has 0 atom stereocenters. The summed E-state index contributed by atoms with van der Waals surface area (Å²) in [4.78, 5) is 29.2. The van der Waals surface area contributed by atoms with E-state index >= 15 is 0 Å². The molecule has 0 spiro atoms. The highest BCUT2D eigenvalue weighted by Crippen LogP contribution is 2.24. The molecule has 2 aromatic rings. The van der Waals surface area contributed by atoms with Crippen molar-refractivity contribution in [2.75, 3.05) is 25.6 Å². The van der Waals surface area contributed by atoms with Crippen LogP contribution in [0.2, 0.25) is 0 Å². The molecular weight excluding hydrogens is 386 g/mol. The molecule has 28 heavy (non-hydrogen) atoms. The minimum absolute atomic E-state index is 0.0142. The van der Waals surface area contributed by atoms with Crippen molar-refractivity contribution in [1.82, 2.24) is 4.90 Å². The van der Waals surface area contributed by atoms with Crippen LogP contribution in [0.25, 0.3) is 12.2 Å². The van der Waals surface area contributed by atoms with Gasteiger partial charge in [-0.25, -0.2) is 0 Å². The fraction of sp³-hybridized carbons (Fsp3) is 0.217. The molecule has 0 aromatic heterocycles. The molecule has 144 valence electrons. The zero-order valence-electron chi connectivity index (χ0n) is 16.3. The maximum Gasteiger partial charge on any atom is 0.220 e. The van der Waals surface area contributed by atoms with Crippen LogP contribution in [0.15, 0.2) is 69.5 Å². The Morgan fingerprint density at radius 3 is 1.54 bits per heavy atom. The first kappa shape index (κ1) is 20.5. The third-order valence-corrected chi connectivity index (χ3v) is 6.15. The van der Waals surface area contributed by atoms with E-state index in [0.717, 1.165) is 11.1 Å². The lowest BCUT2D eigenvalue weighted by molar-refractivity contribution is -0.129. The Morgan fingerprint density at radius 2 is 1.21 bits per heavy atom. The van der Waals surface area contributed by atoms with E-state index < -0.39 is 0 Å². The van der Waals surface area contributed by atoms with Crippen molar-refractivity contribution >= 4 is 47.4 Å². The number of thioether (sulfide) groups is 2. The summed E-state index contributed by atoms with van der Waals surface area (Å²) in [7, 11) is 0. The van der Waals surface area contributed by atoms with Gasteiger partial charge in [0.05, 0.1) is 0 Å². The molecule has 1 saturated heterocycles. The highest BCUT2D eigenvalue weighted by atomic mass is 32.2. The zero-order valence-corrected chi connectivity index (χ0v) is 17.9. The zero-order chi connectivity index (χ0) is 20.1. The summed E-state index contributed by atoms with van der Waals surface area (Å²) < 4.78 is 0. The standard InChI is InChI=1S/C23H23NO2S2/c1-16(25)24-14-19(12-17-4-8-21(27-2)9-5-17)23(26)20(15-24)13-18-6-10-22(28-3)11-7-18/h4-13H,14-15H2,1-3H3/b19-12+,20-13+. The number of ketones is 1. The smallest absolute Gasteiger partial charge is 0.220 e. The van der Waals surface area contributed by atoms with E-state index in [4.69, 9.17) is 0 Å². The molecule has 3 rings (SSSR count). The van der Waals surface area contributed by atoms with Crippen molar-refractivity contribution in [2.45, 2.75) is 16.7 Å². The topological polar surface area (TPSA) is 37.4 Å². The maximum absolute atomic E-state index is 13.1. The number of nitrogens with zero attached hydrogens (tertiary/aromatic N) is 1. The van der Waals surface area contributed by atoms with E-state index in [1.165, 1.54) is 9.79 Å². The third-order valence-electron chi connectivity index (χ3n) is 4.66. The van der Waals surface area contributed by atoms with Gasteiger partial charge < -0.3 is 4.90 Å². The van der Waals surface area contributed by atoms with E-state index in [9.17, 15) is 9.59 Å². The molecular formula is C23H23NO2S2. The van der Waals surface area contributed by atoms with Crippen molar-refractivity contribution in [3.63, 3.8) is 0 Å². The number of piperidine rings is 1. The van der Waals surface area contributed by atoms with Gasteiger partial charge >= 0.3 is 0 Å². The Balaban J connectivity index is 1.93. The molecule has 0 radical (unpaired) electrons. The van der Waals surface area contributed by atoms with Crippen LogP contribution in [0.4, 0.5) is 0 Å². The van der Waals surface area contributed by atoms with Gasteiger partial charge in [0.15, 0.2) is 5.78 Å². The van der Waals surface area contributed by atoms with Crippen molar-refractivity contribution in [3.05, 3.63) is 70.8 Å². The van der Waals surface area contributed by atoms with Crippen LogP contribution in [0.1, 0.15) is 18.1 Å². The minimum atomic E-state index is -0.0280. The summed E-state index contributed by atoms with van der Waals surface area (Å²) in [6.07, 6.45) is 7.86. The van der Waals surface area contributed by atoms with Crippen molar-refractivity contribution in [2.24, 2.45) is 0 Å². The second-order valence-corrected chi connectivity index (χ2v) is 8.35. The van der Waals surface area contributed by atoms with Crippen LogP contribution in [0, 0.1) is 0 Å². The average molecular weight is 410 g/mol. The number of carbonyl (C=O) groups is 2. The van der Waals surface area contributed by atoms with Gasteiger partial charge in [0.25, 0.3) is 0 Å². The van der Waals surface area contributed by atoms with E-state index in [0.29, 0.717) is 24.2 Å². The maximum atomic E-state index is 13.1. The van der Waals surface area contributed by atoms with E-state index in [2.05, 4.69) is 0 Å². The second kappa shape index (κ2) is 9.30. The highest BCUT2D eigenvalue weighted by molar-refractivity contribution is 7.98. The Kier molecular flexibility index (Phi) is 6.81. The predicted molar refractivity (Wildman–Crippen MR) is 120 cm³/mol. The molecule has 1 aliphatic rings. The van der Waals surface area contributed by atoms with Gasteiger partial charge in [-0.2, -0.15) is 0 Å². The number of hydrogen-bond acceptors (Lipinski definition) is 4. The lowest BCUT2D eigenvalue weighted by Crippen LogP contribution is -2.40. The number of benzene rings is 2. The molecule has 1 amide bonds. The first-order chi connectivity index (χ1) is 13.5. The largest absolute Gasteiger partial charge is 0.334 e. The van der Waals surface area contributed by atoms with Gasteiger partial charge in [0.2, 0.25) is 5.91 Å². The molecule has 1 heterocycles. The van der Waals surface area contributed by atoms with Crippen molar-refractivity contribution in [3.8, 4) is 0 Å². The number of carbonyl (C=O) groups excluding carboxylic acids is 2. The van der Waals surface area contributed by atoms with Crippen LogP contribution in [-0.2, 0) is 9.59 Å². The number of Topliss-reactive ketones (excluding diaryl/α,β-unsaturated/α-hetero) is 1. The fourth-order valence-corrected chi connectivity index (χ4v) is 3.88. The Labute approximate surface area is 174 Å². The molecule has 0 saturated carbocycles. The lowest BCUT2D eigenvalue weighted by Gasteiger charge is -2.29. The number of likely N-dealkylation sites (tertiary alicyclic amines) is 1. The summed E-state index contributed by atoms with van der Waals surface area (Å²) in [5.74, 6) is -0.0138. The number of hydrogen-bond donors (Lipinski definition) is 0. The van der Waals surface area contributed by atoms with Crippen LogP contribution < -0.4 is 0 Å². The summed E-state index contributed by atoms with van der Waals surface area (Å²) in [6.45, 7) is 2.24. The molecule has 1 aliphatic heterocycles. The molecule has 0 aliphatic carbocycles. The molecule has 2 aromatic carbocycles. The SMILES string of the molecule is CSc1ccc(/C=C2\CN(C(C)=O)C/C(=C\c3ccc(SC)cc3)C2=O)cc1. The third kappa shape index (κ3) is 4.97. The summed E-state index contributed by atoms with van der Waals surface area (Å²) in [6, 6.07) is 16.2. The van der Waals surface area contributed by atoms with Gasteiger partial charge in [0.1, 0.15) is 0 Å². The predicted octanol–water partition coefficient (Wildman–Crippen LogP) is 5.03. The first-order valence-electron chi connectivity index (χ1n) is 8.99.